The molecule has 228 valence electrons. The molecule has 0 aliphatic carbocycles. The Kier molecular flexibility index (Phi) is 7.59. The zero-order valence-corrected chi connectivity index (χ0v) is 25.0. The van der Waals surface area contributed by atoms with Crippen LogP contribution in [0.3, 0.4) is 0 Å². The number of benzene rings is 2. The maximum Gasteiger partial charge on any atom is 0.586 e. The number of carbonyl (C=O) groups excluding carboxylic acids is 2. The number of alkyl halides is 2. The summed E-state index contributed by atoms with van der Waals surface area (Å²) in [5.74, 6) is -1.75. The van der Waals surface area contributed by atoms with Gasteiger partial charge in [-0.05, 0) is 64.4 Å². The molecule has 4 aromatic rings. The van der Waals surface area contributed by atoms with Gasteiger partial charge in [-0.3, -0.25) is 14.4 Å². The number of anilines is 1. The number of carbonyl (C=O) groups is 2. The molecule has 0 saturated heterocycles. The lowest BCUT2D eigenvalue weighted by molar-refractivity contribution is -0.286. The summed E-state index contributed by atoms with van der Waals surface area (Å²) in [5, 5.41) is 16.8. The van der Waals surface area contributed by atoms with Crippen LogP contribution in [0.1, 0.15) is 49.4 Å². The van der Waals surface area contributed by atoms with Crippen LogP contribution in [0.2, 0.25) is 5.02 Å². The first-order valence-corrected chi connectivity index (χ1v) is 13.8. The molecule has 0 spiro atoms. The number of fused-ring (bicyclic) bond motifs is 2. The number of nitrogens with zero attached hydrogens (tertiary/aromatic N) is 4. The Hall–Kier alpha value is -4.96. The summed E-state index contributed by atoms with van der Waals surface area (Å²) in [5.41, 5.74) is -0.0864. The molecule has 2 aromatic heterocycles. The average Bonchev–Trinajstić information content (AvgIpc) is 3.50. The number of rotatable bonds is 6. The van der Waals surface area contributed by atoms with Gasteiger partial charge < -0.3 is 24.1 Å². The van der Waals surface area contributed by atoms with E-state index in [2.05, 4.69) is 19.9 Å². The highest BCUT2D eigenvalue weighted by Gasteiger charge is 2.44. The fourth-order valence-electron chi connectivity index (χ4n) is 4.75. The largest absolute Gasteiger partial charge is 0.586 e. The van der Waals surface area contributed by atoms with E-state index >= 15 is 0 Å². The van der Waals surface area contributed by atoms with Crippen molar-refractivity contribution in [3.05, 3.63) is 68.7 Å². The van der Waals surface area contributed by atoms with Crippen LogP contribution in [0.4, 0.5) is 14.5 Å². The zero-order chi connectivity index (χ0) is 32.1. The quantitative estimate of drug-likeness (QED) is 0.301. The third-order valence-electron chi connectivity index (χ3n) is 6.56. The Morgan fingerprint density at radius 3 is 2.45 bits per heavy atom. The van der Waals surface area contributed by atoms with Crippen LogP contribution >= 0.6 is 11.6 Å². The fraction of sp³-hybridized carbons (Fsp3) is 0.300. The minimum Gasteiger partial charge on any atom is -0.448 e. The first kappa shape index (κ1) is 30.5. The molecule has 2 aromatic carbocycles. The number of nitrogens with one attached hydrogen (secondary N) is 1. The molecule has 0 saturated carbocycles. The molecule has 5 rings (SSSR count). The number of hydrogen-bond acceptors (Lipinski definition) is 8. The van der Waals surface area contributed by atoms with E-state index in [1.54, 1.807) is 34.6 Å². The van der Waals surface area contributed by atoms with Crippen LogP contribution in [0.15, 0.2) is 45.6 Å². The maximum atomic E-state index is 13.7. The molecule has 14 heteroatoms. The molecule has 2 amide bonds. The molecular weight excluding hydrogens is 600 g/mol. The monoisotopic (exact) mass is 625 g/mol. The second-order valence-corrected chi connectivity index (χ2v) is 11.5. The lowest BCUT2D eigenvalue weighted by Crippen LogP contribution is -2.40. The van der Waals surface area contributed by atoms with Crippen molar-refractivity contribution >= 4 is 40.1 Å². The highest BCUT2D eigenvalue weighted by atomic mass is 35.5. The smallest absolute Gasteiger partial charge is 0.448 e. The third-order valence-corrected chi connectivity index (χ3v) is 6.78. The number of hydrogen-bond donors (Lipinski definition) is 1. The third kappa shape index (κ3) is 5.93. The number of halogens is 3. The minimum absolute atomic E-state index is 0.0371. The summed E-state index contributed by atoms with van der Waals surface area (Å²) in [6, 6.07) is 10.3. The Morgan fingerprint density at radius 1 is 1.14 bits per heavy atom. The van der Waals surface area contributed by atoms with Crippen LogP contribution in [0.5, 0.6) is 11.5 Å². The molecule has 1 aliphatic rings. The van der Waals surface area contributed by atoms with Crippen LogP contribution in [-0.4, -0.2) is 40.0 Å². The fourth-order valence-corrected chi connectivity index (χ4v) is 4.98. The molecule has 0 atom stereocenters. The van der Waals surface area contributed by atoms with Gasteiger partial charge in [0.25, 0.3) is 11.5 Å². The second kappa shape index (κ2) is 10.9. The van der Waals surface area contributed by atoms with E-state index in [9.17, 15) is 28.4 Å². The highest BCUT2D eigenvalue weighted by Crippen LogP contribution is 2.44. The van der Waals surface area contributed by atoms with Crippen LogP contribution in [-0.2, 0) is 11.3 Å². The molecule has 3 heterocycles. The van der Waals surface area contributed by atoms with E-state index in [0.29, 0.717) is 11.1 Å². The first-order chi connectivity index (χ1) is 20.6. The van der Waals surface area contributed by atoms with Crippen LogP contribution in [0, 0.1) is 18.3 Å². The van der Waals surface area contributed by atoms with Crippen molar-refractivity contribution in [3.63, 3.8) is 0 Å². The molecular formula is C30H26ClF2N5O6. The lowest BCUT2D eigenvalue weighted by atomic mass is 10.1. The van der Waals surface area contributed by atoms with Gasteiger partial charge in [0.15, 0.2) is 22.8 Å². The predicted molar refractivity (Wildman–Crippen MR) is 156 cm³/mol. The molecule has 0 fully saturated rings. The number of furan rings is 1. The molecule has 1 aliphatic heterocycles. The van der Waals surface area contributed by atoms with Gasteiger partial charge in [-0.25, -0.2) is 4.68 Å². The molecule has 0 unspecified atom stereocenters. The van der Waals surface area contributed by atoms with Crippen LogP contribution < -0.4 is 25.2 Å². The number of ether oxygens (including phenoxy) is 2. The van der Waals surface area contributed by atoms with E-state index in [0.717, 1.165) is 4.68 Å². The average molecular weight is 626 g/mol. The van der Waals surface area contributed by atoms with Gasteiger partial charge >= 0.3 is 6.29 Å². The summed E-state index contributed by atoms with van der Waals surface area (Å²) < 4.78 is 43.1. The van der Waals surface area contributed by atoms with E-state index in [1.165, 1.54) is 41.3 Å². The highest BCUT2D eigenvalue weighted by molar-refractivity contribution is 6.31. The van der Waals surface area contributed by atoms with E-state index in [1.807, 2.05) is 6.07 Å². The van der Waals surface area contributed by atoms with Gasteiger partial charge in [-0.15, -0.1) is 8.78 Å². The van der Waals surface area contributed by atoms with Gasteiger partial charge in [0, 0.05) is 34.8 Å². The summed E-state index contributed by atoms with van der Waals surface area (Å²) >= 11 is 6.25. The maximum absolute atomic E-state index is 13.7. The molecule has 11 nitrogen and oxygen atoms in total. The molecule has 44 heavy (non-hydrogen) atoms. The number of nitriles is 1. The van der Waals surface area contributed by atoms with Crippen molar-refractivity contribution in [1.29, 1.82) is 5.26 Å². The Morgan fingerprint density at radius 2 is 1.82 bits per heavy atom. The Bertz CT molecular complexity index is 1940. The number of aromatic nitrogens is 2. The number of aryl methyl sites for hydroxylation is 1. The Balaban J connectivity index is 1.60. The summed E-state index contributed by atoms with van der Waals surface area (Å²) in [6.45, 7) is 8.17. The van der Waals surface area contributed by atoms with Crippen molar-refractivity contribution < 1.29 is 32.3 Å². The van der Waals surface area contributed by atoms with Crippen molar-refractivity contribution in [2.24, 2.45) is 0 Å². The topological polar surface area (TPSA) is 140 Å². The summed E-state index contributed by atoms with van der Waals surface area (Å²) in [6.07, 6.45) is -3.84. The van der Waals surface area contributed by atoms with Gasteiger partial charge in [0.2, 0.25) is 5.91 Å². The standard InChI is InChI=1S/C30H26ClF2N5O6/c1-6-37(20-12-22-21(7-15(20)2)43-30(32,33)44-22)24(39)14-38-28(41)19-11-23(27(40)35-29(3,4)5)42-26(19)25(36-38)17-8-16(13-34)9-18(31)10-17/h7-12H,6,14H2,1-5H3,(H,35,40). The SMILES string of the molecule is CCN(C(=O)Cn1nc(-c2cc(Cl)cc(C#N)c2)c2oc(C(=O)NC(C)(C)C)cc2c1=O)c1cc2c(cc1C)OC(F)(F)O2. The van der Waals surface area contributed by atoms with Crippen molar-refractivity contribution in [2.45, 2.75) is 53.0 Å². The van der Waals surface area contributed by atoms with E-state index in [4.69, 9.17) is 16.0 Å². The van der Waals surface area contributed by atoms with Gasteiger partial charge in [-0.2, -0.15) is 10.4 Å². The van der Waals surface area contributed by atoms with E-state index in [-0.39, 0.29) is 56.7 Å². The number of likely N-dealkylation sites (N-methyl/N-ethyl adjacent to an activating group) is 1. The normalized spacial score (nSPS) is 13.5. The minimum atomic E-state index is -3.84. The summed E-state index contributed by atoms with van der Waals surface area (Å²) in [4.78, 5) is 41.5. The number of amides is 2. The second-order valence-electron chi connectivity index (χ2n) is 11.1. The van der Waals surface area contributed by atoms with E-state index < -0.39 is 35.8 Å². The first-order valence-electron chi connectivity index (χ1n) is 13.4. The molecule has 0 radical (unpaired) electrons. The Labute approximate surface area is 254 Å². The summed E-state index contributed by atoms with van der Waals surface area (Å²) in [7, 11) is 0. The van der Waals surface area contributed by atoms with Crippen molar-refractivity contribution in [2.75, 3.05) is 11.4 Å². The van der Waals surface area contributed by atoms with Crippen molar-refractivity contribution in [3.8, 4) is 28.8 Å². The lowest BCUT2D eigenvalue weighted by Gasteiger charge is -2.23. The van der Waals surface area contributed by atoms with Gasteiger partial charge in [0.1, 0.15) is 12.2 Å². The van der Waals surface area contributed by atoms with Crippen molar-refractivity contribution in [1.82, 2.24) is 15.1 Å². The predicted octanol–water partition coefficient (Wildman–Crippen LogP) is 5.39. The molecule has 0 bridgehead atoms. The molecule has 1 N–H and O–H groups in total. The zero-order valence-electron chi connectivity index (χ0n) is 24.3. The van der Waals surface area contributed by atoms with Gasteiger partial charge in [0.05, 0.1) is 22.7 Å². The van der Waals surface area contributed by atoms with Gasteiger partial charge in [-0.1, -0.05) is 11.6 Å². The van der Waals surface area contributed by atoms with Crippen LogP contribution in [0.25, 0.3) is 22.2 Å².